The molecule has 0 spiro atoms. The molecule has 1 heterocycles. The molecule has 6 nitrogen and oxygen atoms in total. The summed E-state index contributed by atoms with van der Waals surface area (Å²) in [5.41, 5.74) is 0.263. The molecule has 0 unspecified atom stereocenters. The van der Waals surface area contributed by atoms with Gasteiger partial charge in [0.15, 0.2) is 0 Å². The van der Waals surface area contributed by atoms with Crippen molar-refractivity contribution in [3.05, 3.63) is 48.6 Å². The fourth-order valence-corrected chi connectivity index (χ4v) is 2.79. The highest BCUT2D eigenvalue weighted by atomic mass is 16.6. The van der Waals surface area contributed by atoms with Gasteiger partial charge in [0.25, 0.3) is 0 Å². The van der Waals surface area contributed by atoms with Gasteiger partial charge in [0.1, 0.15) is 17.7 Å². The molecule has 1 aliphatic rings. The van der Waals surface area contributed by atoms with Gasteiger partial charge in [0.05, 0.1) is 12.5 Å². The number of benzene rings is 1. The lowest BCUT2D eigenvalue weighted by atomic mass is 10.0. The second kappa shape index (κ2) is 7.70. The Morgan fingerprint density at radius 2 is 2.04 bits per heavy atom. The molecule has 1 aromatic rings. The molecule has 136 valence electrons. The number of carbonyl (C=O) groups excluding carboxylic acids is 2. The highest BCUT2D eigenvalue weighted by Crippen LogP contribution is 2.27. The van der Waals surface area contributed by atoms with Gasteiger partial charge in [-0.3, -0.25) is 9.69 Å². The van der Waals surface area contributed by atoms with Crippen molar-refractivity contribution in [2.75, 3.05) is 0 Å². The summed E-state index contributed by atoms with van der Waals surface area (Å²) in [5.74, 6) is -0.526. The van der Waals surface area contributed by atoms with E-state index in [0.29, 0.717) is 0 Å². The SMILES string of the molecule is C=C[C@H]1OC(=O)N(Cc2ccccc2)[C@H]1[C@H](O)CC(=O)OC(C)(C)C. The number of hydrogen-bond acceptors (Lipinski definition) is 5. The Labute approximate surface area is 148 Å². The number of aliphatic hydroxyl groups is 1. The van der Waals surface area contributed by atoms with Gasteiger partial charge in [-0.25, -0.2) is 4.79 Å². The lowest BCUT2D eigenvalue weighted by Gasteiger charge is -2.28. The minimum atomic E-state index is -1.12. The van der Waals surface area contributed by atoms with Crippen molar-refractivity contribution < 1.29 is 24.2 Å². The van der Waals surface area contributed by atoms with E-state index < -0.39 is 35.9 Å². The van der Waals surface area contributed by atoms with Gasteiger partial charge in [-0.05, 0) is 32.4 Å². The number of ether oxygens (including phenoxy) is 2. The van der Waals surface area contributed by atoms with Crippen LogP contribution < -0.4 is 0 Å². The first-order valence-electron chi connectivity index (χ1n) is 8.25. The van der Waals surface area contributed by atoms with Gasteiger partial charge < -0.3 is 14.6 Å². The molecule has 0 saturated carbocycles. The van der Waals surface area contributed by atoms with E-state index in [1.54, 1.807) is 20.8 Å². The van der Waals surface area contributed by atoms with Crippen molar-refractivity contribution >= 4 is 12.1 Å². The van der Waals surface area contributed by atoms with Crippen LogP contribution in [0.1, 0.15) is 32.8 Å². The fourth-order valence-electron chi connectivity index (χ4n) is 2.79. The molecule has 0 aromatic heterocycles. The molecular formula is C19H25NO5. The number of aliphatic hydroxyl groups excluding tert-OH is 1. The average molecular weight is 347 g/mol. The average Bonchev–Trinajstić information content (AvgIpc) is 2.82. The number of esters is 1. The Hall–Kier alpha value is -2.34. The van der Waals surface area contributed by atoms with Crippen molar-refractivity contribution in [1.29, 1.82) is 0 Å². The standard InChI is InChI=1S/C19H25NO5/c1-5-15-17(14(21)11-16(22)25-19(2,3)4)20(18(23)24-15)12-13-9-7-6-8-10-13/h5-10,14-15,17,21H,1,11-12H2,2-4H3/t14-,15-,17+/m1/s1. The van der Waals surface area contributed by atoms with Crippen LogP contribution in [0.15, 0.2) is 43.0 Å². The van der Waals surface area contributed by atoms with E-state index in [-0.39, 0.29) is 13.0 Å². The maximum atomic E-state index is 12.2. The van der Waals surface area contributed by atoms with Crippen LogP contribution in [0.5, 0.6) is 0 Å². The lowest BCUT2D eigenvalue weighted by molar-refractivity contribution is -0.157. The Morgan fingerprint density at radius 1 is 1.40 bits per heavy atom. The van der Waals surface area contributed by atoms with Crippen LogP contribution in [0.25, 0.3) is 0 Å². The summed E-state index contributed by atoms with van der Waals surface area (Å²) in [5, 5.41) is 10.6. The molecule has 2 rings (SSSR count). The Balaban J connectivity index is 2.13. The van der Waals surface area contributed by atoms with Gasteiger partial charge in [0.2, 0.25) is 0 Å². The Bertz CT molecular complexity index is 622. The Kier molecular flexibility index (Phi) is 5.85. The van der Waals surface area contributed by atoms with E-state index in [1.165, 1.54) is 11.0 Å². The zero-order valence-electron chi connectivity index (χ0n) is 14.8. The molecule has 25 heavy (non-hydrogen) atoms. The highest BCUT2D eigenvalue weighted by Gasteiger charge is 2.45. The van der Waals surface area contributed by atoms with E-state index >= 15 is 0 Å². The molecule has 0 bridgehead atoms. The number of nitrogens with zero attached hydrogens (tertiary/aromatic N) is 1. The van der Waals surface area contributed by atoms with E-state index in [9.17, 15) is 14.7 Å². The second-order valence-corrected chi connectivity index (χ2v) is 7.05. The van der Waals surface area contributed by atoms with Crippen LogP contribution in [0.2, 0.25) is 0 Å². The van der Waals surface area contributed by atoms with Crippen molar-refractivity contribution in [3.8, 4) is 0 Å². The van der Waals surface area contributed by atoms with Crippen LogP contribution in [-0.4, -0.2) is 45.9 Å². The van der Waals surface area contributed by atoms with Crippen LogP contribution in [-0.2, 0) is 20.8 Å². The predicted octanol–water partition coefficient (Wildman–Crippen LogP) is 2.65. The predicted molar refractivity (Wildman–Crippen MR) is 92.7 cm³/mol. The molecule has 1 N–H and O–H groups in total. The van der Waals surface area contributed by atoms with Gasteiger partial charge in [-0.1, -0.05) is 36.9 Å². The zero-order valence-corrected chi connectivity index (χ0v) is 14.8. The summed E-state index contributed by atoms with van der Waals surface area (Å²) in [6.45, 7) is 9.21. The monoisotopic (exact) mass is 347 g/mol. The molecule has 1 amide bonds. The summed E-state index contributed by atoms with van der Waals surface area (Å²) in [6.07, 6.45) is -1.11. The molecule has 1 aromatic carbocycles. The van der Waals surface area contributed by atoms with Crippen molar-refractivity contribution in [3.63, 3.8) is 0 Å². The smallest absolute Gasteiger partial charge is 0.411 e. The summed E-state index contributed by atoms with van der Waals surface area (Å²) in [7, 11) is 0. The van der Waals surface area contributed by atoms with Crippen LogP contribution in [0.3, 0.4) is 0 Å². The van der Waals surface area contributed by atoms with Crippen LogP contribution in [0, 0.1) is 0 Å². The molecule has 0 aliphatic carbocycles. The summed E-state index contributed by atoms with van der Waals surface area (Å²) in [4.78, 5) is 25.6. The number of rotatable bonds is 6. The van der Waals surface area contributed by atoms with Gasteiger partial charge in [-0.2, -0.15) is 0 Å². The number of hydrogen-bond donors (Lipinski definition) is 1. The largest absolute Gasteiger partial charge is 0.460 e. The van der Waals surface area contributed by atoms with Gasteiger partial charge in [0, 0.05) is 6.54 Å². The Morgan fingerprint density at radius 3 is 2.60 bits per heavy atom. The van der Waals surface area contributed by atoms with E-state index in [2.05, 4.69) is 6.58 Å². The molecular weight excluding hydrogens is 322 g/mol. The van der Waals surface area contributed by atoms with Crippen LogP contribution in [0.4, 0.5) is 4.79 Å². The lowest BCUT2D eigenvalue weighted by Crippen LogP contribution is -2.46. The number of cyclic esters (lactones) is 1. The van der Waals surface area contributed by atoms with Crippen molar-refractivity contribution in [2.45, 2.75) is 57.6 Å². The third kappa shape index (κ3) is 5.06. The fraction of sp³-hybridized carbons (Fsp3) is 0.474. The maximum absolute atomic E-state index is 12.2. The summed E-state index contributed by atoms with van der Waals surface area (Å²) in [6, 6.07) is 8.68. The number of amides is 1. The molecule has 1 saturated heterocycles. The van der Waals surface area contributed by atoms with Crippen LogP contribution >= 0.6 is 0 Å². The normalized spacial score (nSPS) is 21.6. The third-order valence-corrected chi connectivity index (χ3v) is 3.79. The zero-order chi connectivity index (χ0) is 18.6. The molecule has 6 heteroatoms. The first kappa shape index (κ1) is 19.0. The maximum Gasteiger partial charge on any atom is 0.411 e. The second-order valence-electron chi connectivity index (χ2n) is 7.05. The quantitative estimate of drug-likeness (QED) is 0.632. The molecule has 1 fully saturated rings. The third-order valence-electron chi connectivity index (χ3n) is 3.79. The van der Waals surface area contributed by atoms with E-state index in [0.717, 1.165) is 5.56 Å². The summed E-state index contributed by atoms with van der Waals surface area (Å²) < 4.78 is 10.5. The van der Waals surface area contributed by atoms with Crippen molar-refractivity contribution in [2.24, 2.45) is 0 Å². The topological polar surface area (TPSA) is 76.1 Å². The minimum absolute atomic E-state index is 0.228. The van der Waals surface area contributed by atoms with E-state index in [4.69, 9.17) is 9.47 Å². The first-order valence-corrected chi connectivity index (χ1v) is 8.25. The van der Waals surface area contributed by atoms with Gasteiger partial charge >= 0.3 is 12.1 Å². The molecule has 3 atom stereocenters. The van der Waals surface area contributed by atoms with Gasteiger partial charge in [-0.15, -0.1) is 0 Å². The summed E-state index contributed by atoms with van der Waals surface area (Å²) >= 11 is 0. The van der Waals surface area contributed by atoms with Crippen molar-refractivity contribution in [1.82, 2.24) is 4.90 Å². The first-order chi connectivity index (χ1) is 11.7. The highest BCUT2D eigenvalue weighted by molar-refractivity contribution is 5.73. The number of carbonyl (C=O) groups is 2. The minimum Gasteiger partial charge on any atom is -0.460 e. The molecule has 1 aliphatic heterocycles. The molecule has 0 radical (unpaired) electrons. The van der Waals surface area contributed by atoms with E-state index in [1.807, 2.05) is 30.3 Å².